The van der Waals surface area contributed by atoms with Crippen molar-refractivity contribution < 1.29 is 9.53 Å². The van der Waals surface area contributed by atoms with Crippen LogP contribution in [-0.2, 0) is 16.1 Å². The SMILES string of the molecule is O=C(CCC1CCCCO1)N(Cc1ccsc1)c1cccnc1. The summed E-state index contributed by atoms with van der Waals surface area (Å²) >= 11 is 1.65. The van der Waals surface area contributed by atoms with Gasteiger partial charge in [-0.15, -0.1) is 0 Å². The number of ether oxygens (including phenoxy) is 1. The lowest BCUT2D eigenvalue weighted by Crippen LogP contribution is -2.31. The van der Waals surface area contributed by atoms with Crippen molar-refractivity contribution in [1.82, 2.24) is 4.98 Å². The first-order valence-electron chi connectivity index (χ1n) is 8.16. The maximum atomic E-state index is 12.8. The fourth-order valence-corrected chi connectivity index (χ4v) is 3.52. The fourth-order valence-electron chi connectivity index (χ4n) is 2.86. The second kappa shape index (κ2) is 8.22. The Labute approximate surface area is 141 Å². The lowest BCUT2D eigenvalue weighted by Gasteiger charge is -2.25. The highest BCUT2D eigenvalue weighted by Gasteiger charge is 2.20. The van der Waals surface area contributed by atoms with Crippen LogP contribution in [0.1, 0.15) is 37.7 Å². The Kier molecular flexibility index (Phi) is 5.77. The average Bonchev–Trinajstić information content (AvgIpc) is 3.12. The summed E-state index contributed by atoms with van der Waals surface area (Å²) in [5.41, 5.74) is 2.01. The van der Waals surface area contributed by atoms with Crippen LogP contribution in [0.3, 0.4) is 0 Å². The van der Waals surface area contributed by atoms with E-state index < -0.39 is 0 Å². The molecule has 3 heterocycles. The van der Waals surface area contributed by atoms with Crippen LogP contribution in [0.15, 0.2) is 41.4 Å². The Morgan fingerprint density at radius 3 is 3.04 bits per heavy atom. The van der Waals surface area contributed by atoms with Crippen LogP contribution in [0.5, 0.6) is 0 Å². The molecule has 0 aliphatic carbocycles. The normalized spacial score (nSPS) is 17.8. The van der Waals surface area contributed by atoms with Crippen molar-refractivity contribution in [3.05, 3.63) is 46.9 Å². The Morgan fingerprint density at radius 2 is 2.35 bits per heavy atom. The molecular formula is C18H22N2O2S. The predicted molar refractivity (Wildman–Crippen MR) is 92.6 cm³/mol. The first-order valence-corrected chi connectivity index (χ1v) is 9.10. The number of hydrogen-bond acceptors (Lipinski definition) is 4. The number of pyridine rings is 1. The summed E-state index contributed by atoms with van der Waals surface area (Å²) in [6.45, 7) is 1.43. The van der Waals surface area contributed by atoms with Crippen LogP contribution in [0.4, 0.5) is 5.69 Å². The molecule has 0 aromatic carbocycles. The summed E-state index contributed by atoms with van der Waals surface area (Å²) in [4.78, 5) is 18.7. The highest BCUT2D eigenvalue weighted by Crippen LogP contribution is 2.21. The molecule has 1 saturated heterocycles. The van der Waals surface area contributed by atoms with Crippen LogP contribution >= 0.6 is 11.3 Å². The summed E-state index contributed by atoms with van der Waals surface area (Å²) in [5.74, 6) is 0.137. The van der Waals surface area contributed by atoms with E-state index in [0.717, 1.165) is 37.1 Å². The summed E-state index contributed by atoms with van der Waals surface area (Å²) in [5, 5.41) is 4.12. The van der Waals surface area contributed by atoms with E-state index >= 15 is 0 Å². The molecule has 0 spiro atoms. The molecule has 23 heavy (non-hydrogen) atoms. The lowest BCUT2D eigenvalue weighted by atomic mass is 10.0. The lowest BCUT2D eigenvalue weighted by molar-refractivity contribution is -0.119. The van der Waals surface area contributed by atoms with Crippen LogP contribution in [-0.4, -0.2) is 23.6 Å². The van der Waals surface area contributed by atoms with E-state index in [1.165, 1.54) is 6.42 Å². The van der Waals surface area contributed by atoms with Gasteiger partial charge in [0.05, 0.1) is 24.5 Å². The Morgan fingerprint density at radius 1 is 1.39 bits per heavy atom. The molecule has 1 aliphatic rings. The van der Waals surface area contributed by atoms with E-state index in [9.17, 15) is 4.79 Å². The van der Waals surface area contributed by atoms with Gasteiger partial charge in [0.15, 0.2) is 0 Å². The van der Waals surface area contributed by atoms with Gasteiger partial charge in [-0.05, 0) is 60.2 Å². The maximum Gasteiger partial charge on any atom is 0.227 e. The number of carbonyl (C=O) groups excluding carboxylic acids is 1. The molecule has 122 valence electrons. The third-order valence-corrected chi connectivity index (χ3v) is 4.87. The molecule has 5 heteroatoms. The Hall–Kier alpha value is -1.72. The average molecular weight is 330 g/mol. The van der Waals surface area contributed by atoms with Crippen LogP contribution in [0.25, 0.3) is 0 Å². The Bertz CT molecular complexity index is 595. The van der Waals surface area contributed by atoms with E-state index in [1.54, 1.807) is 23.7 Å². The molecule has 0 bridgehead atoms. The van der Waals surface area contributed by atoms with E-state index in [-0.39, 0.29) is 12.0 Å². The topological polar surface area (TPSA) is 42.4 Å². The molecular weight excluding hydrogens is 308 g/mol. The second-order valence-electron chi connectivity index (χ2n) is 5.85. The number of aromatic nitrogens is 1. The molecule has 1 fully saturated rings. The van der Waals surface area contributed by atoms with Gasteiger partial charge in [-0.1, -0.05) is 0 Å². The molecule has 0 radical (unpaired) electrons. The first kappa shape index (κ1) is 16.1. The third-order valence-electron chi connectivity index (χ3n) is 4.13. The molecule has 0 N–H and O–H groups in total. The van der Waals surface area contributed by atoms with E-state index in [2.05, 4.69) is 16.4 Å². The van der Waals surface area contributed by atoms with Gasteiger partial charge >= 0.3 is 0 Å². The highest BCUT2D eigenvalue weighted by atomic mass is 32.1. The third kappa shape index (κ3) is 4.62. The van der Waals surface area contributed by atoms with Gasteiger partial charge in [0.1, 0.15) is 0 Å². The molecule has 2 aromatic heterocycles. The second-order valence-corrected chi connectivity index (χ2v) is 6.63. The van der Waals surface area contributed by atoms with Crippen LogP contribution in [0, 0.1) is 0 Å². The van der Waals surface area contributed by atoms with Gasteiger partial charge in [0.25, 0.3) is 0 Å². The van der Waals surface area contributed by atoms with Crippen LogP contribution in [0.2, 0.25) is 0 Å². The van der Waals surface area contributed by atoms with Gasteiger partial charge in [-0.3, -0.25) is 9.78 Å². The smallest absolute Gasteiger partial charge is 0.227 e. The minimum absolute atomic E-state index is 0.137. The zero-order chi connectivity index (χ0) is 15.9. The van der Waals surface area contributed by atoms with Gasteiger partial charge in [0.2, 0.25) is 5.91 Å². The molecule has 1 aliphatic heterocycles. The van der Waals surface area contributed by atoms with Gasteiger partial charge in [-0.25, -0.2) is 0 Å². The monoisotopic (exact) mass is 330 g/mol. The number of carbonyl (C=O) groups is 1. The zero-order valence-electron chi connectivity index (χ0n) is 13.2. The first-order chi connectivity index (χ1) is 11.3. The molecule has 0 saturated carbocycles. The van der Waals surface area contributed by atoms with Crippen molar-refractivity contribution in [3.8, 4) is 0 Å². The van der Waals surface area contributed by atoms with Crippen molar-refractivity contribution in [2.45, 2.75) is 44.8 Å². The minimum Gasteiger partial charge on any atom is -0.378 e. The van der Waals surface area contributed by atoms with Crippen LogP contribution < -0.4 is 4.90 Å². The summed E-state index contributed by atoms with van der Waals surface area (Å²) < 4.78 is 5.74. The quantitative estimate of drug-likeness (QED) is 0.803. The van der Waals surface area contributed by atoms with Crippen molar-refractivity contribution in [3.63, 3.8) is 0 Å². The molecule has 1 amide bonds. The standard InChI is InChI=1S/C18H22N2O2S/c21-18(7-6-17-5-1-2-10-22-17)20(13-15-8-11-23-14-15)16-4-3-9-19-12-16/h3-4,8-9,11-12,14,17H,1-2,5-7,10,13H2. The van der Waals surface area contributed by atoms with Crippen molar-refractivity contribution in [2.24, 2.45) is 0 Å². The van der Waals surface area contributed by atoms with Gasteiger partial charge < -0.3 is 9.64 Å². The van der Waals surface area contributed by atoms with Gasteiger partial charge in [0, 0.05) is 19.2 Å². The number of rotatable bonds is 6. The minimum atomic E-state index is 0.137. The molecule has 3 rings (SSSR count). The van der Waals surface area contributed by atoms with Gasteiger partial charge in [-0.2, -0.15) is 11.3 Å². The van der Waals surface area contributed by atoms with Crippen molar-refractivity contribution in [1.29, 1.82) is 0 Å². The van der Waals surface area contributed by atoms with Crippen molar-refractivity contribution in [2.75, 3.05) is 11.5 Å². The molecule has 2 aromatic rings. The number of anilines is 1. The highest BCUT2D eigenvalue weighted by molar-refractivity contribution is 7.07. The number of hydrogen-bond donors (Lipinski definition) is 0. The van der Waals surface area contributed by atoms with E-state index in [0.29, 0.717) is 13.0 Å². The van der Waals surface area contributed by atoms with E-state index in [1.807, 2.05) is 22.4 Å². The molecule has 1 unspecified atom stereocenters. The fraction of sp³-hybridized carbons (Fsp3) is 0.444. The Balaban J connectivity index is 1.65. The summed E-state index contributed by atoms with van der Waals surface area (Å²) in [6.07, 6.45) is 8.47. The summed E-state index contributed by atoms with van der Waals surface area (Å²) in [6, 6.07) is 5.87. The largest absolute Gasteiger partial charge is 0.378 e. The predicted octanol–water partition coefficient (Wildman–Crippen LogP) is 4.03. The van der Waals surface area contributed by atoms with E-state index in [4.69, 9.17) is 4.74 Å². The number of thiophene rings is 1. The van der Waals surface area contributed by atoms with Crippen molar-refractivity contribution >= 4 is 22.9 Å². The maximum absolute atomic E-state index is 12.8. The molecule has 1 atom stereocenters. The zero-order valence-corrected chi connectivity index (χ0v) is 14.0. The number of nitrogens with zero attached hydrogens (tertiary/aromatic N) is 2. The number of amides is 1. The summed E-state index contributed by atoms with van der Waals surface area (Å²) in [7, 11) is 0. The molecule has 4 nitrogen and oxygen atoms in total.